The molecular weight excluding hydrogens is 266 g/mol. The number of amides is 1. The summed E-state index contributed by atoms with van der Waals surface area (Å²) >= 11 is 0. The number of hydrogen-bond acceptors (Lipinski definition) is 2. The smallest absolute Gasteiger partial charge is 0.305 e. The second-order valence-corrected chi connectivity index (χ2v) is 6.29. The maximum absolute atomic E-state index is 12.4. The fourth-order valence-corrected chi connectivity index (χ4v) is 3.02. The van der Waals surface area contributed by atoms with Crippen molar-refractivity contribution in [1.29, 1.82) is 0 Å². The Balaban J connectivity index is 2.10. The predicted molar refractivity (Wildman–Crippen MR) is 81.4 cm³/mol. The third-order valence-corrected chi connectivity index (χ3v) is 4.27. The van der Waals surface area contributed by atoms with E-state index in [1.807, 2.05) is 24.3 Å². The molecule has 1 aromatic carbocycles. The molecule has 1 saturated carbocycles. The van der Waals surface area contributed by atoms with E-state index in [0.717, 1.165) is 25.7 Å². The average molecular weight is 289 g/mol. The second kappa shape index (κ2) is 6.29. The molecule has 0 atom stereocenters. The molecule has 0 unspecified atom stereocenters. The lowest BCUT2D eigenvalue weighted by atomic mass is 9.92. The van der Waals surface area contributed by atoms with Crippen molar-refractivity contribution in [3.05, 3.63) is 35.4 Å². The molecule has 0 spiro atoms. The van der Waals surface area contributed by atoms with Crippen molar-refractivity contribution >= 4 is 11.9 Å². The average Bonchev–Trinajstić information content (AvgIpc) is 2.86. The quantitative estimate of drug-likeness (QED) is 0.873. The number of carboxylic acids is 1. The van der Waals surface area contributed by atoms with Gasteiger partial charge in [0, 0.05) is 5.56 Å². The van der Waals surface area contributed by atoms with Gasteiger partial charge in [-0.15, -0.1) is 0 Å². The number of aliphatic carboxylic acids is 1. The summed E-state index contributed by atoms with van der Waals surface area (Å²) in [4.78, 5) is 23.4. The van der Waals surface area contributed by atoms with Gasteiger partial charge in [0.1, 0.15) is 0 Å². The number of carbonyl (C=O) groups excluding carboxylic acids is 1. The minimum absolute atomic E-state index is 0.00280. The molecule has 0 bridgehead atoms. The zero-order chi connectivity index (χ0) is 15.5. The first-order chi connectivity index (χ1) is 9.92. The van der Waals surface area contributed by atoms with Crippen LogP contribution in [0.2, 0.25) is 0 Å². The van der Waals surface area contributed by atoms with Crippen LogP contribution in [-0.2, 0) is 4.79 Å². The molecule has 0 aromatic heterocycles. The largest absolute Gasteiger partial charge is 0.481 e. The lowest BCUT2D eigenvalue weighted by molar-refractivity contribution is -0.138. The van der Waals surface area contributed by atoms with E-state index in [2.05, 4.69) is 19.2 Å². The van der Waals surface area contributed by atoms with E-state index < -0.39 is 11.5 Å². The highest BCUT2D eigenvalue weighted by Gasteiger charge is 2.37. The summed E-state index contributed by atoms with van der Waals surface area (Å²) in [6.07, 6.45) is 3.44. The molecule has 2 N–H and O–H groups in total. The van der Waals surface area contributed by atoms with Crippen molar-refractivity contribution in [2.75, 3.05) is 0 Å². The standard InChI is InChI=1S/C17H23NO3/c1-12(2)13-5-7-14(8-6-13)16(21)18-17(11-15(19)20)9-3-4-10-17/h5-8,12H,3-4,9-11H2,1-2H3,(H,18,21)(H,19,20). The Labute approximate surface area is 125 Å². The van der Waals surface area contributed by atoms with Gasteiger partial charge in [-0.25, -0.2) is 0 Å². The molecule has 21 heavy (non-hydrogen) atoms. The van der Waals surface area contributed by atoms with Crippen LogP contribution in [-0.4, -0.2) is 22.5 Å². The molecule has 0 radical (unpaired) electrons. The first kappa shape index (κ1) is 15.5. The zero-order valence-electron chi connectivity index (χ0n) is 12.7. The monoisotopic (exact) mass is 289 g/mol. The first-order valence-electron chi connectivity index (χ1n) is 7.56. The highest BCUT2D eigenvalue weighted by atomic mass is 16.4. The van der Waals surface area contributed by atoms with Crippen LogP contribution >= 0.6 is 0 Å². The summed E-state index contributed by atoms with van der Waals surface area (Å²) < 4.78 is 0. The lowest BCUT2D eigenvalue weighted by Gasteiger charge is -2.28. The lowest BCUT2D eigenvalue weighted by Crippen LogP contribution is -2.47. The van der Waals surface area contributed by atoms with E-state index in [1.165, 1.54) is 5.56 Å². The van der Waals surface area contributed by atoms with E-state index in [1.54, 1.807) is 0 Å². The molecule has 1 aliphatic carbocycles. The summed E-state index contributed by atoms with van der Waals surface area (Å²) in [5, 5.41) is 12.0. The molecule has 114 valence electrons. The molecule has 4 heteroatoms. The Morgan fingerprint density at radius 2 is 1.76 bits per heavy atom. The van der Waals surface area contributed by atoms with Gasteiger partial charge in [-0.05, 0) is 36.5 Å². The van der Waals surface area contributed by atoms with Crippen LogP contribution in [0.1, 0.15) is 67.8 Å². The van der Waals surface area contributed by atoms with Gasteiger partial charge in [-0.1, -0.05) is 38.8 Å². The molecule has 1 aromatic rings. The van der Waals surface area contributed by atoms with Gasteiger partial charge < -0.3 is 10.4 Å². The van der Waals surface area contributed by atoms with Crippen LogP contribution in [0.4, 0.5) is 0 Å². The van der Waals surface area contributed by atoms with Crippen LogP contribution in [0, 0.1) is 0 Å². The third kappa shape index (κ3) is 3.84. The first-order valence-corrected chi connectivity index (χ1v) is 7.56. The van der Waals surface area contributed by atoms with Crippen molar-refractivity contribution < 1.29 is 14.7 Å². The normalized spacial score (nSPS) is 16.9. The van der Waals surface area contributed by atoms with Crippen LogP contribution in [0.3, 0.4) is 0 Å². The van der Waals surface area contributed by atoms with E-state index in [-0.39, 0.29) is 12.3 Å². The molecule has 1 fully saturated rings. The Kier molecular flexibility index (Phi) is 4.66. The number of rotatable bonds is 5. The van der Waals surface area contributed by atoms with Gasteiger partial charge in [0.25, 0.3) is 5.91 Å². The maximum Gasteiger partial charge on any atom is 0.305 e. The van der Waals surface area contributed by atoms with Crippen molar-refractivity contribution in [1.82, 2.24) is 5.32 Å². The van der Waals surface area contributed by atoms with Crippen LogP contribution in [0.25, 0.3) is 0 Å². The fraction of sp³-hybridized carbons (Fsp3) is 0.529. The van der Waals surface area contributed by atoms with Gasteiger partial charge >= 0.3 is 5.97 Å². The maximum atomic E-state index is 12.4. The second-order valence-electron chi connectivity index (χ2n) is 6.29. The number of carboxylic acid groups (broad SMARTS) is 1. The van der Waals surface area contributed by atoms with E-state index in [4.69, 9.17) is 5.11 Å². The SMILES string of the molecule is CC(C)c1ccc(C(=O)NC2(CC(=O)O)CCCC2)cc1. The summed E-state index contributed by atoms with van der Waals surface area (Å²) in [6.45, 7) is 4.21. The number of benzene rings is 1. The summed E-state index contributed by atoms with van der Waals surface area (Å²) in [5.41, 5.74) is 1.21. The highest BCUT2D eigenvalue weighted by Crippen LogP contribution is 2.33. The Morgan fingerprint density at radius 3 is 2.24 bits per heavy atom. The minimum Gasteiger partial charge on any atom is -0.481 e. The summed E-state index contributed by atoms with van der Waals surface area (Å²) in [6, 6.07) is 7.54. The molecule has 2 rings (SSSR count). The van der Waals surface area contributed by atoms with Crippen molar-refractivity contribution in [3.8, 4) is 0 Å². The fourth-order valence-electron chi connectivity index (χ4n) is 3.02. The molecule has 1 aliphatic rings. The topological polar surface area (TPSA) is 66.4 Å². The Bertz CT molecular complexity index is 513. The summed E-state index contributed by atoms with van der Waals surface area (Å²) in [5.74, 6) is -0.601. The van der Waals surface area contributed by atoms with Crippen molar-refractivity contribution in [2.45, 2.75) is 57.4 Å². The van der Waals surface area contributed by atoms with Crippen LogP contribution < -0.4 is 5.32 Å². The Hall–Kier alpha value is -1.84. The van der Waals surface area contributed by atoms with Gasteiger partial charge in [0.05, 0.1) is 12.0 Å². The third-order valence-electron chi connectivity index (χ3n) is 4.27. The number of carbonyl (C=O) groups is 2. The minimum atomic E-state index is -0.854. The van der Waals surface area contributed by atoms with Crippen molar-refractivity contribution in [2.24, 2.45) is 0 Å². The molecule has 0 saturated heterocycles. The predicted octanol–water partition coefficient (Wildman–Crippen LogP) is 3.33. The van der Waals surface area contributed by atoms with E-state index in [0.29, 0.717) is 11.5 Å². The molecule has 4 nitrogen and oxygen atoms in total. The molecule has 0 heterocycles. The van der Waals surface area contributed by atoms with Gasteiger partial charge in [-0.2, -0.15) is 0 Å². The molecule has 1 amide bonds. The van der Waals surface area contributed by atoms with E-state index >= 15 is 0 Å². The molecular formula is C17H23NO3. The zero-order valence-corrected chi connectivity index (χ0v) is 12.7. The van der Waals surface area contributed by atoms with Crippen LogP contribution in [0.5, 0.6) is 0 Å². The van der Waals surface area contributed by atoms with Crippen molar-refractivity contribution in [3.63, 3.8) is 0 Å². The number of nitrogens with one attached hydrogen (secondary N) is 1. The van der Waals surface area contributed by atoms with Gasteiger partial charge in [-0.3, -0.25) is 9.59 Å². The van der Waals surface area contributed by atoms with Gasteiger partial charge in [0.2, 0.25) is 0 Å². The molecule has 0 aliphatic heterocycles. The number of hydrogen-bond donors (Lipinski definition) is 2. The summed E-state index contributed by atoms with van der Waals surface area (Å²) in [7, 11) is 0. The van der Waals surface area contributed by atoms with Gasteiger partial charge in [0.15, 0.2) is 0 Å². The Morgan fingerprint density at radius 1 is 1.19 bits per heavy atom. The van der Waals surface area contributed by atoms with E-state index in [9.17, 15) is 9.59 Å². The van der Waals surface area contributed by atoms with Crippen LogP contribution in [0.15, 0.2) is 24.3 Å². The highest BCUT2D eigenvalue weighted by molar-refractivity contribution is 5.95.